The van der Waals surface area contributed by atoms with Crippen LogP contribution in [0.15, 0.2) is 36.5 Å². The highest BCUT2D eigenvalue weighted by Gasteiger charge is 1.88. The predicted octanol–water partition coefficient (Wildman–Crippen LogP) is 4.89. The van der Waals surface area contributed by atoms with Crippen molar-refractivity contribution in [3.63, 3.8) is 0 Å². The Kier molecular flexibility index (Phi) is 15.6. The van der Waals surface area contributed by atoms with Gasteiger partial charge in [0.25, 0.3) is 0 Å². The van der Waals surface area contributed by atoms with Gasteiger partial charge in [0, 0.05) is 0 Å². The molecule has 0 N–H and O–H groups in total. The highest BCUT2D eigenvalue weighted by Crippen LogP contribution is 2.08. The summed E-state index contributed by atoms with van der Waals surface area (Å²) in [4.78, 5) is 0. The van der Waals surface area contributed by atoms with Gasteiger partial charge in [0.1, 0.15) is 0 Å². The van der Waals surface area contributed by atoms with Crippen molar-refractivity contribution in [3.8, 4) is 0 Å². The van der Waals surface area contributed by atoms with Crippen LogP contribution in [-0.2, 0) is 0 Å². The van der Waals surface area contributed by atoms with Crippen LogP contribution in [0.2, 0.25) is 0 Å². The van der Waals surface area contributed by atoms with E-state index in [1.54, 1.807) is 0 Å². The minimum absolute atomic E-state index is 1.17. The predicted molar refractivity (Wildman–Crippen MR) is 64.0 cm³/mol. The molecule has 0 aliphatic carbocycles. The fraction of sp³-hybridized carbons (Fsp3) is 0.538. The maximum absolute atomic E-state index is 3.68. The van der Waals surface area contributed by atoms with E-state index in [1.807, 2.05) is 26.8 Å². The Balaban J connectivity index is 0. The second kappa shape index (κ2) is 13.8. The van der Waals surface area contributed by atoms with Crippen molar-refractivity contribution >= 4 is 0 Å². The number of allylic oxidation sites excluding steroid dienone is 5. The third-order valence-corrected chi connectivity index (χ3v) is 1.53. The molecule has 0 aliphatic heterocycles. The van der Waals surface area contributed by atoms with Crippen molar-refractivity contribution < 1.29 is 0 Å². The van der Waals surface area contributed by atoms with E-state index in [2.05, 4.69) is 31.7 Å². The normalized spacial score (nSPS) is 10.9. The summed E-state index contributed by atoms with van der Waals surface area (Å²) in [7, 11) is 0. The molecule has 0 radical (unpaired) electrons. The first-order chi connectivity index (χ1) is 6.35. The molecule has 0 saturated heterocycles. The van der Waals surface area contributed by atoms with Crippen molar-refractivity contribution in [1.29, 1.82) is 0 Å². The molecule has 0 aromatic heterocycles. The fourth-order valence-electron chi connectivity index (χ4n) is 0.969. The van der Waals surface area contributed by atoms with Crippen molar-refractivity contribution in [2.45, 2.75) is 47.0 Å². The SMILES string of the molecule is C=C/C=C(\C=C/C)CCCC.CC. The molecular formula is C13H24. The topological polar surface area (TPSA) is 0 Å². The Morgan fingerprint density at radius 1 is 1.31 bits per heavy atom. The summed E-state index contributed by atoms with van der Waals surface area (Å²) in [5, 5.41) is 0. The van der Waals surface area contributed by atoms with Crippen LogP contribution in [-0.4, -0.2) is 0 Å². The van der Waals surface area contributed by atoms with Crippen LogP contribution in [0, 0.1) is 0 Å². The van der Waals surface area contributed by atoms with E-state index in [-0.39, 0.29) is 0 Å². The molecule has 0 spiro atoms. The fourth-order valence-corrected chi connectivity index (χ4v) is 0.969. The van der Waals surface area contributed by atoms with Crippen LogP contribution in [0.5, 0.6) is 0 Å². The summed E-state index contributed by atoms with van der Waals surface area (Å²) in [6, 6.07) is 0. The summed E-state index contributed by atoms with van der Waals surface area (Å²) in [5.74, 6) is 0. The summed E-state index contributed by atoms with van der Waals surface area (Å²) < 4.78 is 0. The van der Waals surface area contributed by atoms with Gasteiger partial charge in [0.05, 0.1) is 0 Å². The molecule has 76 valence electrons. The molecule has 0 heteroatoms. The zero-order valence-electron chi connectivity index (χ0n) is 9.64. The molecule has 0 bridgehead atoms. The number of rotatable bonds is 5. The van der Waals surface area contributed by atoms with Gasteiger partial charge < -0.3 is 0 Å². The Morgan fingerprint density at radius 2 is 1.92 bits per heavy atom. The number of hydrogen-bond acceptors (Lipinski definition) is 0. The molecular weight excluding hydrogens is 156 g/mol. The lowest BCUT2D eigenvalue weighted by Crippen LogP contribution is -1.77. The second-order valence-electron chi connectivity index (χ2n) is 2.58. The first-order valence-corrected chi connectivity index (χ1v) is 5.29. The smallest absolute Gasteiger partial charge is 0.0279 e. The number of hydrogen-bond donors (Lipinski definition) is 0. The van der Waals surface area contributed by atoms with Gasteiger partial charge in [0.2, 0.25) is 0 Å². The molecule has 0 heterocycles. The van der Waals surface area contributed by atoms with Gasteiger partial charge in [-0.15, -0.1) is 0 Å². The van der Waals surface area contributed by atoms with E-state index in [9.17, 15) is 0 Å². The van der Waals surface area contributed by atoms with E-state index >= 15 is 0 Å². The van der Waals surface area contributed by atoms with Gasteiger partial charge in [-0.25, -0.2) is 0 Å². The van der Waals surface area contributed by atoms with Crippen molar-refractivity contribution in [2.24, 2.45) is 0 Å². The Labute approximate surface area is 84.1 Å². The Hall–Kier alpha value is -0.780. The molecule has 0 fully saturated rings. The van der Waals surface area contributed by atoms with Gasteiger partial charge >= 0.3 is 0 Å². The molecule has 0 amide bonds. The first kappa shape index (κ1) is 14.7. The van der Waals surface area contributed by atoms with Crippen LogP contribution in [0.25, 0.3) is 0 Å². The summed E-state index contributed by atoms with van der Waals surface area (Å²) >= 11 is 0. The molecule has 0 aromatic carbocycles. The van der Waals surface area contributed by atoms with Gasteiger partial charge in [-0.2, -0.15) is 0 Å². The maximum atomic E-state index is 3.68. The molecule has 0 aromatic rings. The molecule has 0 saturated carbocycles. The summed E-state index contributed by atoms with van der Waals surface area (Å²) in [6.45, 7) is 11.9. The van der Waals surface area contributed by atoms with Gasteiger partial charge in [-0.3, -0.25) is 0 Å². The molecule has 0 atom stereocenters. The van der Waals surface area contributed by atoms with Crippen molar-refractivity contribution in [3.05, 3.63) is 36.5 Å². The van der Waals surface area contributed by atoms with E-state index < -0.39 is 0 Å². The highest BCUT2D eigenvalue weighted by molar-refractivity contribution is 5.22. The lowest BCUT2D eigenvalue weighted by molar-refractivity contribution is 0.798. The van der Waals surface area contributed by atoms with Crippen LogP contribution in [0.1, 0.15) is 47.0 Å². The molecule has 0 unspecified atom stereocenters. The van der Waals surface area contributed by atoms with Gasteiger partial charge in [-0.05, 0) is 25.3 Å². The third kappa shape index (κ3) is 11.2. The van der Waals surface area contributed by atoms with E-state index in [4.69, 9.17) is 0 Å². The molecule has 0 aliphatic rings. The third-order valence-electron chi connectivity index (χ3n) is 1.53. The average molecular weight is 180 g/mol. The largest absolute Gasteiger partial charge is 0.0991 e. The Bertz CT molecular complexity index is 149. The van der Waals surface area contributed by atoms with E-state index in [0.29, 0.717) is 0 Å². The maximum Gasteiger partial charge on any atom is -0.0279 e. The van der Waals surface area contributed by atoms with E-state index in [0.717, 1.165) is 0 Å². The minimum atomic E-state index is 1.17. The molecule has 13 heavy (non-hydrogen) atoms. The van der Waals surface area contributed by atoms with E-state index in [1.165, 1.54) is 24.8 Å². The van der Waals surface area contributed by atoms with Gasteiger partial charge in [0.15, 0.2) is 0 Å². The second-order valence-corrected chi connectivity index (χ2v) is 2.58. The molecule has 0 rings (SSSR count). The first-order valence-electron chi connectivity index (χ1n) is 5.29. The average Bonchev–Trinajstić information content (AvgIpc) is 2.18. The monoisotopic (exact) mass is 180 g/mol. The standard InChI is InChI=1S/C11H18.C2H6/c1-4-7-10-11(8-5-2)9-6-3;1-2/h5-6,8-9H,2,4,7,10H2,1,3H3;1-2H3/b9-6-,11-8+;. The van der Waals surface area contributed by atoms with Crippen molar-refractivity contribution in [2.75, 3.05) is 0 Å². The van der Waals surface area contributed by atoms with Crippen molar-refractivity contribution in [1.82, 2.24) is 0 Å². The van der Waals surface area contributed by atoms with Gasteiger partial charge in [-0.1, -0.05) is 58.1 Å². The zero-order chi connectivity index (χ0) is 10.5. The van der Waals surface area contributed by atoms with Crippen LogP contribution >= 0.6 is 0 Å². The van der Waals surface area contributed by atoms with Crippen LogP contribution in [0.4, 0.5) is 0 Å². The quantitative estimate of drug-likeness (QED) is 0.528. The summed E-state index contributed by atoms with van der Waals surface area (Å²) in [5.41, 5.74) is 1.38. The molecule has 0 nitrogen and oxygen atoms in total. The van der Waals surface area contributed by atoms with Crippen LogP contribution in [0.3, 0.4) is 0 Å². The lowest BCUT2D eigenvalue weighted by Gasteiger charge is -1.97. The zero-order valence-corrected chi connectivity index (χ0v) is 9.64. The summed E-state index contributed by atoms with van der Waals surface area (Å²) in [6.07, 6.45) is 11.9. The van der Waals surface area contributed by atoms with Crippen LogP contribution < -0.4 is 0 Å². The number of unbranched alkanes of at least 4 members (excludes halogenated alkanes) is 1. The Morgan fingerprint density at radius 3 is 2.31 bits per heavy atom. The minimum Gasteiger partial charge on any atom is -0.0991 e. The highest BCUT2D eigenvalue weighted by atomic mass is 13.9. The lowest BCUT2D eigenvalue weighted by atomic mass is 10.1.